The van der Waals surface area contributed by atoms with Crippen LogP contribution in [0.25, 0.3) is 0 Å². The summed E-state index contributed by atoms with van der Waals surface area (Å²) in [6.07, 6.45) is 17.2. The summed E-state index contributed by atoms with van der Waals surface area (Å²) in [6.45, 7) is 2.30. The lowest BCUT2D eigenvalue weighted by Gasteiger charge is -2.15. The molecule has 0 rings (SSSR count). The van der Waals surface area contributed by atoms with Crippen LogP contribution in [0.3, 0.4) is 0 Å². The minimum absolute atomic E-state index is 0.0355. The molecule has 0 saturated carbocycles. The van der Waals surface area contributed by atoms with Crippen LogP contribution in [0.2, 0.25) is 0 Å². The minimum Gasteiger partial charge on any atom is -0.481 e. The van der Waals surface area contributed by atoms with E-state index >= 15 is 0 Å². The summed E-state index contributed by atoms with van der Waals surface area (Å²) in [5.74, 6) is -5.84. The second kappa shape index (κ2) is 31.2. The van der Waals surface area contributed by atoms with E-state index in [0.29, 0.717) is 32.2 Å². The number of carboxylic acid groups (broad SMARTS) is 3. The summed E-state index contributed by atoms with van der Waals surface area (Å²) in [4.78, 5) is 82.7. The highest BCUT2D eigenvalue weighted by Crippen LogP contribution is 2.17. The standard InChI is InChI=1S/C38H66N2O11/c1-3-29(38(50)51-2)20-18-19-27-39-33(42)26-23-30(36(46)47)28-31(41)24-25-32(37(48)49)40-34(43)21-16-14-12-10-8-6-4-5-7-9-11-13-15-17-22-35(44)45/h29-30,32H,3-28H2,1-2H3,(H,39,42)(H,40,43)(H,44,45)(H,46,47)(H,48,49)/t29-,30+,32-/m0/s1. The zero-order valence-corrected chi connectivity index (χ0v) is 31.2. The lowest BCUT2D eigenvalue weighted by atomic mass is 9.94. The Kier molecular flexibility index (Phi) is 29.1. The van der Waals surface area contributed by atoms with Crippen LogP contribution >= 0.6 is 0 Å². The van der Waals surface area contributed by atoms with E-state index in [9.17, 15) is 43.8 Å². The van der Waals surface area contributed by atoms with E-state index in [1.54, 1.807) is 0 Å². The number of carbonyl (C=O) groups is 7. The minimum atomic E-state index is -1.26. The summed E-state index contributed by atoms with van der Waals surface area (Å²) in [5.41, 5.74) is 0. The van der Waals surface area contributed by atoms with Gasteiger partial charge in [0.15, 0.2) is 0 Å². The lowest BCUT2D eigenvalue weighted by molar-refractivity contribution is -0.146. The molecule has 5 N–H and O–H groups in total. The van der Waals surface area contributed by atoms with Crippen molar-refractivity contribution in [3.8, 4) is 0 Å². The van der Waals surface area contributed by atoms with Crippen molar-refractivity contribution >= 4 is 41.5 Å². The third-order valence-electron chi connectivity index (χ3n) is 9.26. The van der Waals surface area contributed by atoms with E-state index in [-0.39, 0.29) is 68.6 Å². The Hall–Kier alpha value is -3.51. The first-order chi connectivity index (χ1) is 24.4. The van der Waals surface area contributed by atoms with E-state index < -0.39 is 35.7 Å². The van der Waals surface area contributed by atoms with Crippen LogP contribution in [0.1, 0.15) is 167 Å². The average molecular weight is 727 g/mol. The molecule has 0 unspecified atom stereocenters. The Labute approximate surface area is 304 Å². The molecule has 0 aliphatic rings. The molecule has 0 spiro atoms. The van der Waals surface area contributed by atoms with Crippen LogP contribution < -0.4 is 10.6 Å². The number of rotatable bonds is 35. The fourth-order valence-electron chi connectivity index (χ4n) is 5.99. The SMILES string of the molecule is CC[C@@H](CCCCNC(=O)CC[C@H](CC(=O)CC[C@H](NC(=O)CCCCCCCCCCCCCCCCC(=O)O)C(=O)O)C(=O)O)C(=O)OC. The van der Waals surface area contributed by atoms with Crippen LogP contribution in [0.4, 0.5) is 0 Å². The molecule has 0 aromatic heterocycles. The Balaban J connectivity index is 4.12. The van der Waals surface area contributed by atoms with Crippen molar-refractivity contribution in [1.82, 2.24) is 10.6 Å². The number of methoxy groups -OCH3 is 1. The topological polar surface area (TPSA) is 213 Å². The number of hydrogen-bond donors (Lipinski definition) is 5. The van der Waals surface area contributed by atoms with Gasteiger partial charge >= 0.3 is 23.9 Å². The summed E-state index contributed by atoms with van der Waals surface area (Å²) in [5, 5.41) is 33.0. The Morgan fingerprint density at radius 2 is 1.08 bits per heavy atom. The molecule has 0 heterocycles. The maximum absolute atomic E-state index is 12.5. The molecule has 13 nitrogen and oxygen atoms in total. The molecular weight excluding hydrogens is 660 g/mol. The Morgan fingerprint density at radius 1 is 0.549 bits per heavy atom. The molecule has 0 aromatic carbocycles. The Morgan fingerprint density at radius 3 is 1.55 bits per heavy atom. The van der Waals surface area contributed by atoms with Gasteiger partial charge in [-0.2, -0.15) is 0 Å². The van der Waals surface area contributed by atoms with Crippen molar-refractivity contribution in [3.05, 3.63) is 0 Å². The second-order valence-electron chi connectivity index (χ2n) is 13.6. The number of esters is 1. The summed E-state index contributed by atoms with van der Waals surface area (Å²) in [6, 6.07) is -1.24. The van der Waals surface area contributed by atoms with E-state index in [4.69, 9.17) is 9.84 Å². The molecule has 0 aromatic rings. The molecule has 13 heteroatoms. The molecule has 3 atom stereocenters. The average Bonchev–Trinajstić information content (AvgIpc) is 3.08. The molecule has 0 fully saturated rings. The summed E-state index contributed by atoms with van der Waals surface area (Å²) >= 11 is 0. The van der Waals surface area contributed by atoms with Crippen molar-refractivity contribution in [2.75, 3.05) is 13.7 Å². The van der Waals surface area contributed by atoms with Crippen molar-refractivity contribution in [3.63, 3.8) is 0 Å². The van der Waals surface area contributed by atoms with E-state index in [1.807, 2.05) is 6.92 Å². The van der Waals surface area contributed by atoms with Gasteiger partial charge in [0.2, 0.25) is 11.8 Å². The normalized spacial score (nSPS) is 12.7. The van der Waals surface area contributed by atoms with Crippen molar-refractivity contribution < 1.29 is 53.6 Å². The van der Waals surface area contributed by atoms with E-state index in [0.717, 1.165) is 51.4 Å². The second-order valence-corrected chi connectivity index (χ2v) is 13.6. The molecule has 0 aliphatic carbocycles. The maximum atomic E-state index is 12.5. The van der Waals surface area contributed by atoms with Crippen molar-refractivity contribution in [1.29, 1.82) is 0 Å². The predicted octanol–water partition coefficient (Wildman–Crippen LogP) is 6.59. The molecule has 0 saturated heterocycles. The highest BCUT2D eigenvalue weighted by atomic mass is 16.5. The van der Waals surface area contributed by atoms with Gasteiger partial charge in [0, 0.05) is 38.6 Å². The van der Waals surface area contributed by atoms with E-state index in [2.05, 4.69) is 10.6 Å². The van der Waals surface area contributed by atoms with Gasteiger partial charge < -0.3 is 30.7 Å². The van der Waals surface area contributed by atoms with Gasteiger partial charge in [0.05, 0.1) is 18.9 Å². The van der Waals surface area contributed by atoms with Crippen LogP contribution in [-0.2, 0) is 38.3 Å². The number of aliphatic carboxylic acids is 3. The highest BCUT2D eigenvalue weighted by Gasteiger charge is 2.25. The first-order valence-electron chi connectivity index (χ1n) is 19.2. The third kappa shape index (κ3) is 27.8. The third-order valence-corrected chi connectivity index (χ3v) is 9.26. The molecule has 0 aliphatic heterocycles. The fraction of sp³-hybridized carbons (Fsp3) is 0.816. The number of amides is 2. The first-order valence-corrected chi connectivity index (χ1v) is 19.2. The molecule has 0 radical (unpaired) electrons. The van der Waals surface area contributed by atoms with Gasteiger partial charge in [-0.15, -0.1) is 0 Å². The first kappa shape index (κ1) is 47.5. The molecular formula is C38H66N2O11. The molecule has 0 bridgehead atoms. The number of hydrogen-bond acceptors (Lipinski definition) is 8. The molecule has 294 valence electrons. The number of ketones is 1. The summed E-state index contributed by atoms with van der Waals surface area (Å²) in [7, 11) is 1.35. The van der Waals surface area contributed by atoms with Gasteiger partial charge in [0.25, 0.3) is 0 Å². The van der Waals surface area contributed by atoms with Crippen LogP contribution in [0.5, 0.6) is 0 Å². The molecule has 51 heavy (non-hydrogen) atoms. The summed E-state index contributed by atoms with van der Waals surface area (Å²) < 4.78 is 4.77. The number of ether oxygens (including phenoxy) is 1. The number of nitrogens with one attached hydrogen (secondary N) is 2. The van der Waals surface area contributed by atoms with Crippen LogP contribution in [-0.4, -0.2) is 76.5 Å². The Bertz CT molecular complexity index is 1030. The van der Waals surface area contributed by atoms with Gasteiger partial charge in [-0.25, -0.2) is 4.79 Å². The zero-order valence-electron chi connectivity index (χ0n) is 31.2. The van der Waals surface area contributed by atoms with Gasteiger partial charge in [0.1, 0.15) is 11.8 Å². The van der Waals surface area contributed by atoms with Crippen molar-refractivity contribution in [2.24, 2.45) is 11.8 Å². The largest absolute Gasteiger partial charge is 0.481 e. The quantitative estimate of drug-likeness (QED) is 0.0347. The van der Waals surface area contributed by atoms with Gasteiger partial charge in [-0.05, 0) is 44.9 Å². The fourth-order valence-corrected chi connectivity index (χ4v) is 5.99. The molecule has 2 amide bonds. The lowest BCUT2D eigenvalue weighted by Crippen LogP contribution is -2.41. The van der Waals surface area contributed by atoms with Crippen LogP contribution in [0, 0.1) is 11.8 Å². The predicted molar refractivity (Wildman–Crippen MR) is 193 cm³/mol. The highest BCUT2D eigenvalue weighted by molar-refractivity contribution is 5.86. The van der Waals surface area contributed by atoms with Crippen molar-refractivity contribution in [2.45, 2.75) is 173 Å². The smallest absolute Gasteiger partial charge is 0.326 e. The van der Waals surface area contributed by atoms with Crippen LogP contribution in [0.15, 0.2) is 0 Å². The van der Waals surface area contributed by atoms with E-state index in [1.165, 1.54) is 45.6 Å². The van der Waals surface area contributed by atoms with Gasteiger partial charge in [-0.3, -0.25) is 28.8 Å². The number of Topliss-reactive ketones (excluding diaryl/α,β-unsaturated/α-hetero) is 1. The zero-order chi connectivity index (χ0) is 38.3. The van der Waals surface area contributed by atoms with Gasteiger partial charge in [-0.1, -0.05) is 90.4 Å². The maximum Gasteiger partial charge on any atom is 0.326 e. The number of carbonyl (C=O) groups excluding carboxylic acids is 4. The number of carboxylic acids is 3. The monoisotopic (exact) mass is 726 g/mol. The number of unbranched alkanes of at least 4 members (excludes halogenated alkanes) is 14.